The van der Waals surface area contributed by atoms with E-state index in [-0.39, 0.29) is 5.69 Å². The van der Waals surface area contributed by atoms with Crippen LogP contribution in [0.3, 0.4) is 0 Å². The fourth-order valence-corrected chi connectivity index (χ4v) is 2.03. The van der Waals surface area contributed by atoms with E-state index in [2.05, 4.69) is 10.1 Å². The maximum Gasteiger partial charge on any atom is 0.181 e. The lowest BCUT2D eigenvalue weighted by molar-refractivity contribution is 0.632. The molecule has 0 saturated carbocycles. The van der Waals surface area contributed by atoms with E-state index in [1.54, 1.807) is 23.9 Å². The summed E-state index contributed by atoms with van der Waals surface area (Å²) in [5, 5.41) is 4.38. The summed E-state index contributed by atoms with van der Waals surface area (Å²) in [6, 6.07) is 14.2. The molecule has 0 saturated heterocycles. The third-order valence-electron chi connectivity index (χ3n) is 3.05. The first-order valence-corrected chi connectivity index (χ1v) is 6.17. The fourth-order valence-electron chi connectivity index (χ4n) is 2.03. The smallest absolute Gasteiger partial charge is 0.181 e. The molecular formula is C15H13FN4. The molecule has 0 unspecified atom stereocenters. The molecule has 1 aromatic heterocycles. The van der Waals surface area contributed by atoms with Gasteiger partial charge in [-0.05, 0) is 18.2 Å². The summed E-state index contributed by atoms with van der Waals surface area (Å²) in [4.78, 5) is 4.49. The largest absolute Gasteiger partial charge is 0.396 e. The average molecular weight is 268 g/mol. The molecule has 20 heavy (non-hydrogen) atoms. The van der Waals surface area contributed by atoms with E-state index in [0.717, 1.165) is 11.1 Å². The van der Waals surface area contributed by atoms with Gasteiger partial charge in [0, 0.05) is 18.2 Å². The second kappa shape index (κ2) is 4.77. The number of hydrogen-bond donors (Lipinski definition) is 1. The number of nitrogens with two attached hydrogens (primary N) is 1. The molecule has 3 aromatic rings. The summed E-state index contributed by atoms with van der Waals surface area (Å²) in [7, 11) is 1.80. The van der Waals surface area contributed by atoms with Gasteiger partial charge < -0.3 is 5.73 Å². The molecule has 0 aliphatic rings. The Kier molecular flexibility index (Phi) is 2.95. The number of halogens is 1. The number of rotatable bonds is 2. The van der Waals surface area contributed by atoms with Crippen molar-refractivity contribution in [2.75, 3.05) is 5.73 Å². The van der Waals surface area contributed by atoms with Crippen LogP contribution in [0.1, 0.15) is 0 Å². The minimum Gasteiger partial charge on any atom is -0.396 e. The molecule has 100 valence electrons. The Labute approximate surface area is 115 Å². The van der Waals surface area contributed by atoms with Crippen molar-refractivity contribution >= 4 is 5.69 Å². The third kappa shape index (κ3) is 2.14. The molecule has 0 bridgehead atoms. The summed E-state index contributed by atoms with van der Waals surface area (Å²) in [5.74, 6) is 0.848. The summed E-state index contributed by atoms with van der Waals surface area (Å²) < 4.78 is 14.9. The Morgan fingerprint density at radius 2 is 1.80 bits per heavy atom. The minimum absolute atomic E-state index is 0.103. The Balaban J connectivity index is 2.07. The van der Waals surface area contributed by atoms with Gasteiger partial charge in [-0.2, -0.15) is 5.10 Å². The van der Waals surface area contributed by atoms with Crippen molar-refractivity contribution in [2.45, 2.75) is 0 Å². The van der Waals surface area contributed by atoms with Crippen LogP contribution in [0.5, 0.6) is 0 Å². The zero-order valence-corrected chi connectivity index (χ0v) is 10.9. The Morgan fingerprint density at radius 1 is 1.05 bits per heavy atom. The van der Waals surface area contributed by atoms with Crippen LogP contribution in [0.4, 0.5) is 10.1 Å². The highest BCUT2D eigenvalue weighted by Crippen LogP contribution is 2.24. The summed E-state index contributed by atoms with van der Waals surface area (Å²) in [6.07, 6.45) is 0. The maximum atomic E-state index is 13.2. The molecule has 5 heteroatoms. The topological polar surface area (TPSA) is 56.7 Å². The Hall–Kier alpha value is -2.69. The molecule has 0 aliphatic heterocycles. The van der Waals surface area contributed by atoms with Crippen LogP contribution in [0.2, 0.25) is 0 Å². The van der Waals surface area contributed by atoms with Gasteiger partial charge in [-0.25, -0.2) is 14.1 Å². The summed E-state index contributed by atoms with van der Waals surface area (Å²) >= 11 is 0. The molecule has 0 fully saturated rings. The standard InChI is InChI=1S/C15H13FN4/c1-20-15(11-7-8-12(16)13(17)9-11)18-14(19-20)10-5-3-2-4-6-10/h2-9H,17H2,1H3. The van der Waals surface area contributed by atoms with Gasteiger partial charge in [-0.1, -0.05) is 30.3 Å². The number of nitrogen functional groups attached to an aromatic ring is 1. The van der Waals surface area contributed by atoms with Gasteiger partial charge in [0.1, 0.15) is 5.82 Å². The Bertz CT molecular complexity index is 750. The second-order valence-corrected chi connectivity index (χ2v) is 4.48. The number of nitrogens with zero attached hydrogens (tertiary/aromatic N) is 3. The molecule has 4 nitrogen and oxygen atoms in total. The first-order valence-electron chi connectivity index (χ1n) is 6.17. The molecule has 0 radical (unpaired) electrons. The van der Waals surface area contributed by atoms with Crippen LogP contribution in [0, 0.1) is 5.82 Å². The van der Waals surface area contributed by atoms with Crippen LogP contribution in [-0.2, 0) is 7.05 Å². The van der Waals surface area contributed by atoms with Crippen molar-refractivity contribution in [3.8, 4) is 22.8 Å². The molecular weight excluding hydrogens is 255 g/mol. The minimum atomic E-state index is -0.431. The highest BCUT2D eigenvalue weighted by atomic mass is 19.1. The highest BCUT2D eigenvalue weighted by molar-refractivity contribution is 5.65. The normalized spacial score (nSPS) is 10.7. The van der Waals surface area contributed by atoms with E-state index in [1.165, 1.54) is 6.07 Å². The SMILES string of the molecule is Cn1nc(-c2ccccc2)nc1-c1ccc(F)c(N)c1. The number of aryl methyl sites for hydroxylation is 1. The second-order valence-electron chi connectivity index (χ2n) is 4.48. The van der Waals surface area contributed by atoms with E-state index in [4.69, 9.17) is 5.73 Å². The predicted octanol–water partition coefficient (Wildman–Crippen LogP) is 2.87. The molecule has 1 heterocycles. The van der Waals surface area contributed by atoms with Crippen LogP contribution < -0.4 is 5.73 Å². The lowest BCUT2D eigenvalue weighted by atomic mass is 10.2. The van der Waals surface area contributed by atoms with E-state index in [0.29, 0.717) is 11.6 Å². The summed E-state index contributed by atoms with van der Waals surface area (Å²) in [5.41, 5.74) is 7.37. The quantitative estimate of drug-likeness (QED) is 0.727. The highest BCUT2D eigenvalue weighted by Gasteiger charge is 2.12. The van der Waals surface area contributed by atoms with Crippen molar-refractivity contribution in [3.63, 3.8) is 0 Å². The number of benzene rings is 2. The molecule has 0 aliphatic carbocycles. The van der Waals surface area contributed by atoms with Crippen molar-refractivity contribution < 1.29 is 4.39 Å². The van der Waals surface area contributed by atoms with Crippen molar-refractivity contribution in [1.29, 1.82) is 0 Å². The van der Waals surface area contributed by atoms with Crippen molar-refractivity contribution in [1.82, 2.24) is 14.8 Å². The Morgan fingerprint density at radius 3 is 2.50 bits per heavy atom. The van der Waals surface area contributed by atoms with Gasteiger partial charge in [-0.15, -0.1) is 0 Å². The lowest BCUT2D eigenvalue weighted by Crippen LogP contribution is -1.96. The van der Waals surface area contributed by atoms with Crippen molar-refractivity contribution in [3.05, 3.63) is 54.3 Å². The number of anilines is 1. The maximum absolute atomic E-state index is 13.2. The van der Waals surface area contributed by atoms with Crippen LogP contribution >= 0.6 is 0 Å². The summed E-state index contributed by atoms with van der Waals surface area (Å²) in [6.45, 7) is 0. The monoisotopic (exact) mass is 268 g/mol. The first-order chi connectivity index (χ1) is 9.65. The lowest BCUT2D eigenvalue weighted by Gasteiger charge is -2.02. The first kappa shape index (κ1) is 12.3. The number of aromatic nitrogens is 3. The zero-order valence-electron chi connectivity index (χ0n) is 10.9. The van der Waals surface area contributed by atoms with E-state index >= 15 is 0 Å². The van der Waals surface area contributed by atoms with Gasteiger partial charge in [0.05, 0.1) is 5.69 Å². The van der Waals surface area contributed by atoms with Crippen LogP contribution in [-0.4, -0.2) is 14.8 Å². The molecule has 0 amide bonds. The third-order valence-corrected chi connectivity index (χ3v) is 3.05. The van der Waals surface area contributed by atoms with Gasteiger partial charge in [0.25, 0.3) is 0 Å². The van der Waals surface area contributed by atoms with E-state index in [9.17, 15) is 4.39 Å². The predicted molar refractivity (Wildman–Crippen MR) is 76.2 cm³/mol. The van der Waals surface area contributed by atoms with Gasteiger partial charge in [-0.3, -0.25) is 0 Å². The van der Waals surface area contributed by atoms with Crippen LogP contribution in [0.25, 0.3) is 22.8 Å². The molecule has 2 aromatic carbocycles. The van der Waals surface area contributed by atoms with E-state index < -0.39 is 5.82 Å². The van der Waals surface area contributed by atoms with Gasteiger partial charge in [0.15, 0.2) is 11.6 Å². The zero-order chi connectivity index (χ0) is 14.1. The molecule has 2 N–H and O–H groups in total. The van der Waals surface area contributed by atoms with Gasteiger partial charge in [0.2, 0.25) is 0 Å². The van der Waals surface area contributed by atoms with Crippen molar-refractivity contribution in [2.24, 2.45) is 7.05 Å². The van der Waals surface area contributed by atoms with Gasteiger partial charge >= 0.3 is 0 Å². The fraction of sp³-hybridized carbons (Fsp3) is 0.0667. The average Bonchev–Trinajstić information content (AvgIpc) is 2.85. The molecule has 0 spiro atoms. The number of hydrogen-bond acceptors (Lipinski definition) is 3. The van der Waals surface area contributed by atoms with E-state index in [1.807, 2.05) is 30.3 Å². The molecule has 0 atom stereocenters. The van der Waals surface area contributed by atoms with Crippen LogP contribution in [0.15, 0.2) is 48.5 Å². The molecule has 3 rings (SSSR count).